The molecular formula is C36H44O6. The Balaban J connectivity index is 1.72. The van der Waals surface area contributed by atoms with Gasteiger partial charge in [-0.3, -0.25) is 14.5 Å². The predicted octanol–water partition coefficient (Wildman–Crippen LogP) is 9.16. The highest BCUT2D eigenvalue weighted by atomic mass is 17.2. The molecule has 0 aliphatic carbocycles. The summed E-state index contributed by atoms with van der Waals surface area (Å²) >= 11 is 0. The van der Waals surface area contributed by atoms with Crippen molar-refractivity contribution in [2.24, 2.45) is 0 Å². The van der Waals surface area contributed by atoms with E-state index in [4.69, 9.17) is 14.5 Å². The van der Waals surface area contributed by atoms with Crippen LogP contribution in [0.5, 0.6) is 0 Å². The molecule has 0 aliphatic heterocycles. The van der Waals surface area contributed by atoms with E-state index in [0.717, 1.165) is 60.8 Å². The van der Waals surface area contributed by atoms with Gasteiger partial charge in [0, 0.05) is 12.0 Å². The van der Waals surface area contributed by atoms with Crippen molar-refractivity contribution in [3.8, 4) is 22.3 Å². The first-order valence-corrected chi connectivity index (χ1v) is 15.3. The van der Waals surface area contributed by atoms with Gasteiger partial charge in [0.1, 0.15) is 0 Å². The van der Waals surface area contributed by atoms with Gasteiger partial charge in [0.05, 0.1) is 12.2 Å². The van der Waals surface area contributed by atoms with Gasteiger partial charge in [-0.2, -0.15) is 4.89 Å². The van der Waals surface area contributed by atoms with E-state index in [-0.39, 0.29) is 11.8 Å². The molecule has 1 unspecified atom stereocenters. The van der Waals surface area contributed by atoms with Crippen LogP contribution in [-0.2, 0) is 19.3 Å². The molecule has 224 valence electrons. The maximum atomic E-state index is 13.0. The average Bonchev–Trinajstić information content (AvgIpc) is 3.02. The SMILES string of the molecule is CCCCCCCCOOC(=O)c1ccc(-c2ccccc2)c(-c2ccc(C(=O)C(C)OC(=O)CCCCC)cc2)c1. The zero-order valence-corrected chi connectivity index (χ0v) is 25.2. The Morgan fingerprint density at radius 3 is 2.00 bits per heavy atom. The van der Waals surface area contributed by atoms with E-state index in [1.165, 1.54) is 19.3 Å². The Morgan fingerprint density at radius 2 is 1.29 bits per heavy atom. The third kappa shape index (κ3) is 10.3. The number of ketones is 1. The van der Waals surface area contributed by atoms with Crippen LogP contribution in [-0.4, -0.2) is 30.4 Å². The summed E-state index contributed by atoms with van der Waals surface area (Å²) in [5.41, 5.74) is 4.41. The molecule has 0 spiro atoms. The van der Waals surface area contributed by atoms with Crippen LogP contribution < -0.4 is 0 Å². The maximum Gasteiger partial charge on any atom is 0.373 e. The Kier molecular flexibility index (Phi) is 14.0. The van der Waals surface area contributed by atoms with Crippen molar-refractivity contribution in [3.05, 3.63) is 83.9 Å². The van der Waals surface area contributed by atoms with Crippen LogP contribution in [0.4, 0.5) is 0 Å². The van der Waals surface area contributed by atoms with Crippen LogP contribution in [0.1, 0.15) is 106 Å². The highest BCUT2D eigenvalue weighted by Crippen LogP contribution is 2.33. The van der Waals surface area contributed by atoms with E-state index in [1.54, 1.807) is 31.2 Å². The fraction of sp³-hybridized carbons (Fsp3) is 0.417. The molecule has 0 saturated heterocycles. The second kappa shape index (κ2) is 17.9. The Hall–Kier alpha value is -3.77. The highest BCUT2D eigenvalue weighted by Gasteiger charge is 2.20. The number of rotatable bonds is 18. The third-order valence-corrected chi connectivity index (χ3v) is 7.20. The number of hydrogen-bond acceptors (Lipinski definition) is 6. The van der Waals surface area contributed by atoms with E-state index in [0.29, 0.717) is 24.2 Å². The number of ether oxygens (including phenoxy) is 1. The minimum absolute atomic E-state index is 0.256. The van der Waals surface area contributed by atoms with Gasteiger partial charge in [-0.25, -0.2) is 4.79 Å². The van der Waals surface area contributed by atoms with Crippen LogP contribution in [0.2, 0.25) is 0 Å². The van der Waals surface area contributed by atoms with Gasteiger partial charge in [0.2, 0.25) is 5.78 Å². The summed E-state index contributed by atoms with van der Waals surface area (Å²) in [6.45, 7) is 6.23. The molecule has 0 fully saturated rings. The maximum absolute atomic E-state index is 13.0. The van der Waals surface area contributed by atoms with Crippen molar-refractivity contribution in [2.45, 2.75) is 91.1 Å². The molecule has 0 N–H and O–H groups in total. The first kappa shape index (κ1) is 32.7. The molecule has 3 aromatic rings. The van der Waals surface area contributed by atoms with E-state index >= 15 is 0 Å². The van der Waals surface area contributed by atoms with Crippen LogP contribution in [0.25, 0.3) is 22.3 Å². The molecule has 0 amide bonds. The third-order valence-electron chi connectivity index (χ3n) is 7.20. The van der Waals surface area contributed by atoms with Crippen molar-refractivity contribution in [1.82, 2.24) is 0 Å². The summed E-state index contributed by atoms with van der Waals surface area (Å²) in [4.78, 5) is 48.2. The Labute approximate surface area is 250 Å². The number of esters is 1. The lowest BCUT2D eigenvalue weighted by atomic mass is 9.92. The van der Waals surface area contributed by atoms with Crippen molar-refractivity contribution in [2.75, 3.05) is 6.61 Å². The number of benzene rings is 3. The predicted molar refractivity (Wildman–Crippen MR) is 166 cm³/mol. The van der Waals surface area contributed by atoms with E-state index in [2.05, 4.69) is 13.8 Å². The summed E-state index contributed by atoms with van der Waals surface area (Å²) in [5.74, 6) is -1.16. The standard InChI is InChI=1S/C36H44O6/c1-4-6-8-9-10-15-25-40-42-36(39)31-23-24-32(28-16-13-11-14-17-28)33(26-31)29-19-21-30(22-20-29)35(38)27(3)41-34(37)18-12-7-5-2/h11,13-14,16-17,19-24,26-27H,4-10,12,15,18,25H2,1-3H3. The number of unbranched alkanes of at least 4 members (excludes halogenated alkanes) is 7. The normalized spacial score (nSPS) is 11.6. The number of hydrogen-bond donors (Lipinski definition) is 0. The van der Waals surface area contributed by atoms with Crippen LogP contribution in [0.3, 0.4) is 0 Å². The van der Waals surface area contributed by atoms with Gasteiger partial charge in [0.25, 0.3) is 0 Å². The summed E-state index contributed by atoms with van der Waals surface area (Å²) in [5, 5.41) is 0. The molecule has 0 radical (unpaired) electrons. The van der Waals surface area contributed by atoms with Crippen LogP contribution in [0.15, 0.2) is 72.8 Å². The van der Waals surface area contributed by atoms with E-state index in [1.807, 2.05) is 48.5 Å². The average molecular weight is 573 g/mol. The number of carbonyl (C=O) groups excluding carboxylic acids is 3. The van der Waals surface area contributed by atoms with Gasteiger partial charge in [-0.05, 0) is 54.2 Å². The van der Waals surface area contributed by atoms with Crippen LogP contribution >= 0.6 is 0 Å². The summed E-state index contributed by atoms with van der Waals surface area (Å²) < 4.78 is 5.36. The molecule has 1 atom stereocenters. The van der Waals surface area contributed by atoms with Gasteiger partial charge >= 0.3 is 11.9 Å². The fourth-order valence-electron chi connectivity index (χ4n) is 4.74. The molecule has 0 saturated carbocycles. The first-order chi connectivity index (χ1) is 20.4. The van der Waals surface area contributed by atoms with Gasteiger partial charge in [-0.15, -0.1) is 0 Å². The summed E-state index contributed by atoms with van der Waals surface area (Å²) in [6.07, 6.45) is 8.88. The molecule has 6 nitrogen and oxygen atoms in total. The lowest BCUT2D eigenvalue weighted by Crippen LogP contribution is -2.24. The largest absolute Gasteiger partial charge is 0.454 e. The van der Waals surface area contributed by atoms with E-state index in [9.17, 15) is 14.4 Å². The molecule has 3 aromatic carbocycles. The minimum atomic E-state index is -0.862. The minimum Gasteiger partial charge on any atom is -0.454 e. The van der Waals surface area contributed by atoms with Crippen molar-refractivity contribution < 1.29 is 28.9 Å². The topological polar surface area (TPSA) is 78.9 Å². The molecule has 3 rings (SSSR count). The van der Waals surface area contributed by atoms with Crippen molar-refractivity contribution in [1.29, 1.82) is 0 Å². The fourth-order valence-corrected chi connectivity index (χ4v) is 4.74. The smallest absolute Gasteiger partial charge is 0.373 e. The van der Waals surface area contributed by atoms with Crippen molar-refractivity contribution >= 4 is 17.7 Å². The zero-order valence-electron chi connectivity index (χ0n) is 25.2. The first-order valence-electron chi connectivity index (χ1n) is 15.3. The molecule has 0 heterocycles. The number of Topliss-reactive ketones (excluding diaryl/α,β-unsaturated/α-hetero) is 1. The Morgan fingerprint density at radius 1 is 0.667 bits per heavy atom. The molecule has 0 aliphatic rings. The summed E-state index contributed by atoms with van der Waals surface area (Å²) in [6, 6.07) is 22.4. The van der Waals surface area contributed by atoms with Gasteiger partial charge < -0.3 is 4.74 Å². The second-order valence-electron chi connectivity index (χ2n) is 10.6. The second-order valence-corrected chi connectivity index (χ2v) is 10.6. The lowest BCUT2D eigenvalue weighted by Gasteiger charge is -2.14. The highest BCUT2D eigenvalue weighted by molar-refractivity contribution is 6.01. The van der Waals surface area contributed by atoms with Crippen LogP contribution in [0, 0.1) is 0 Å². The van der Waals surface area contributed by atoms with Crippen molar-refractivity contribution in [3.63, 3.8) is 0 Å². The quantitative estimate of drug-likeness (QED) is 0.0497. The molecule has 0 aromatic heterocycles. The van der Waals surface area contributed by atoms with Gasteiger partial charge in [-0.1, -0.05) is 119 Å². The zero-order chi connectivity index (χ0) is 30.2. The molecule has 0 bridgehead atoms. The monoisotopic (exact) mass is 572 g/mol. The molecule has 42 heavy (non-hydrogen) atoms. The number of carbonyl (C=O) groups is 3. The Bertz CT molecular complexity index is 1270. The molecular weight excluding hydrogens is 528 g/mol. The van der Waals surface area contributed by atoms with Gasteiger partial charge in [0.15, 0.2) is 6.10 Å². The molecule has 6 heteroatoms. The van der Waals surface area contributed by atoms with E-state index < -0.39 is 12.1 Å². The lowest BCUT2D eigenvalue weighted by molar-refractivity contribution is -0.241. The summed E-state index contributed by atoms with van der Waals surface area (Å²) in [7, 11) is 0.